The number of amides is 3. The number of pyridine rings is 1. The van der Waals surface area contributed by atoms with Crippen molar-refractivity contribution in [1.29, 1.82) is 0 Å². The average molecular weight is 565 g/mol. The Kier molecular flexibility index (Phi) is 9.34. The lowest BCUT2D eigenvalue weighted by Gasteiger charge is -2.35. The van der Waals surface area contributed by atoms with Crippen LogP contribution in [0.25, 0.3) is 11.3 Å². The Bertz CT molecular complexity index is 1380. The van der Waals surface area contributed by atoms with Crippen molar-refractivity contribution in [3.8, 4) is 11.3 Å². The lowest BCUT2D eigenvalue weighted by molar-refractivity contribution is -0.134. The lowest BCUT2D eigenvalue weighted by Crippen LogP contribution is -2.56. The normalized spacial score (nSPS) is 13.8. The second-order valence-corrected chi connectivity index (χ2v) is 9.60. The zero-order valence-electron chi connectivity index (χ0n) is 21.9. The molecule has 0 radical (unpaired) electrons. The molecule has 1 aliphatic heterocycles. The SMILES string of the molecule is CCOC(=O)c1ccc(C[C@H](NC(=O)c2cc(Cl)cc(-c3ccccc3)n2)C(=O)N2CCN(C(=O)O)CC2)cc1. The molecule has 0 spiro atoms. The van der Waals surface area contributed by atoms with Crippen molar-refractivity contribution in [2.45, 2.75) is 19.4 Å². The summed E-state index contributed by atoms with van der Waals surface area (Å²) in [6.07, 6.45) is -0.904. The van der Waals surface area contributed by atoms with Gasteiger partial charge in [0.2, 0.25) is 5.91 Å². The van der Waals surface area contributed by atoms with E-state index < -0.39 is 24.0 Å². The number of carbonyl (C=O) groups excluding carboxylic acids is 3. The van der Waals surface area contributed by atoms with Crippen molar-refractivity contribution in [1.82, 2.24) is 20.1 Å². The number of nitrogens with one attached hydrogen (secondary N) is 1. The van der Waals surface area contributed by atoms with Crippen LogP contribution in [0.4, 0.5) is 4.79 Å². The number of piperazine rings is 1. The molecule has 1 fully saturated rings. The maximum Gasteiger partial charge on any atom is 0.407 e. The lowest BCUT2D eigenvalue weighted by atomic mass is 10.0. The quantitative estimate of drug-likeness (QED) is 0.399. The standard InChI is InChI=1S/C29H29ClN4O6/c1-2-40-28(37)21-10-8-19(9-11-21)16-25(27(36)33-12-14-34(15-13-33)29(38)39)32-26(35)24-18-22(30)17-23(31-24)20-6-4-3-5-7-20/h3-11,17-18,25H,2,12-16H2,1H3,(H,32,35)(H,38,39)/t25-/m0/s1. The summed E-state index contributed by atoms with van der Waals surface area (Å²) in [6, 6.07) is 18.0. The van der Waals surface area contributed by atoms with E-state index in [0.717, 1.165) is 5.56 Å². The highest BCUT2D eigenvalue weighted by atomic mass is 35.5. The number of aromatic nitrogens is 1. The van der Waals surface area contributed by atoms with E-state index in [1.807, 2.05) is 30.3 Å². The smallest absolute Gasteiger partial charge is 0.407 e. The Morgan fingerprint density at radius 2 is 1.62 bits per heavy atom. The fourth-order valence-corrected chi connectivity index (χ4v) is 4.57. The molecule has 3 amide bonds. The van der Waals surface area contributed by atoms with E-state index in [9.17, 15) is 24.3 Å². The van der Waals surface area contributed by atoms with E-state index in [-0.39, 0.29) is 50.8 Å². The van der Waals surface area contributed by atoms with Gasteiger partial charge in [0.05, 0.1) is 17.9 Å². The topological polar surface area (TPSA) is 129 Å². The van der Waals surface area contributed by atoms with Crippen LogP contribution in [0.15, 0.2) is 66.7 Å². The molecule has 0 bridgehead atoms. The Morgan fingerprint density at radius 1 is 0.975 bits per heavy atom. The molecule has 10 nitrogen and oxygen atoms in total. The average Bonchev–Trinajstić information content (AvgIpc) is 2.97. The van der Waals surface area contributed by atoms with Gasteiger partial charge in [0, 0.05) is 43.2 Å². The van der Waals surface area contributed by atoms with E-state index in [4.69, 9.17) is 16.3 Å². The summed E-state index contributed by atoms with van der Waals surface area (Å²) in [7, 11) is 0. The molecule has 40 heavy (non-hydrogen) atoms. The van der Waals surface area contributed by atoms with Gasteiger partial charge in [-0.15, -0.1) is 0 Å². The van der Waals surface area contributed by atoms with Crippen LogP contribution in [0.5, 0.6) is 0 Å². The molecule has 3 aromatic rings. The molecule has 4 rings (SSSR count). The Hall–Kier alpha value is -4.44. The molecule has 1 aliphatic rings. The number of hydrogen-bond acceptors (Lipinski definition) is 6. The van der Waals surface area contributed by atoms with Gasteiger partial charge in [-0.2, -0.15) is 0 Å². The monoisotopic (exact) mass is 564 g/mol. The first-order chi connectivity index (χ1) is 19.2. The largest absolute Gasteiger partial charge is 0.465 e. The zero-order valence-corrected chi connectivity index (χ0v) is 22.6. The summed E-state index contributed by atoms with van der Waals surface area (Å²) in [5.41, 5.74) is 2.43. The summed E-state index contributed by atoms with van der Waals surface area (Å²) < 4.78 is 5.02. The highest BCUT2D eigenvalue weighted by Gasteiger charge is 2.31. The Balaban J connectivity index is 1.56. The first-order valence-corrected chi connectivity index (χ1v) is 13.2. The number of carbonyl (C=O) groups is 4. The van der Waals surface area contributed by atoms with Crippen LogP contribution >= 0.6 is 11.6 Å². The van der Waals surface area contributed by atoms with Crippen LogP contribution in [0, 0.1) is 0 Å². The highest BCUT2D eigenvalue weighted by molar-refractivity contribution is 6.31. The summed E-state index contributed by atoms with van der Waals surface area (Å²) in [4.78, 5) is 57.5. The third-order valence-corrected chi connectivity index (χ3v) is 6.68. The molecule has 2 aromatic carbocycles. The van der Waals surface area contributed by atoms with Crippen molar-refractivity contribution < 1.29 is 29.0 Å². The number of esters is 1. The molecule has 2 N–H and O–H groups in total. The number of halogens is 1. The van der Waals surface area contributed by atoms with Crippen LogP contribution in [-0.4, -0.2) is 82.6 Å². The van der Waals surface area contributed by atoms with Crippen molar-refractivity contribution in [3.63, 3.8) is 0 Å². The predicted molar refractivity (Wildman–Crippen MR) is 148 cm³/mol. The predicted octanol–water partition coefficient (Wildman–Crippen LogP) is 3.74. The summed E-state index contributed by atoms with van der Waals surface area (Å²) in [5.74, 6) is -1.38. The maximum atomic E-state index is 13.6. The minimum absolute atomic E-state index is 0.0532. The number of hydrogen-bond donors (Lipinski definition) is 2. The molecule has 1 atom stereocenters. The van der Waals surface area contributed by atoms with E-state index in [1.54, 1.807) is 37.3 Å². The van der Waals surface area contributed by atoms with Crippen LogP contribution in [0.3, 0.4) is 0 Å². The zero-order chi connectivity index (χ0) is 28.6. The molecule has 0 aliphatic carbocycles. The van der Waals surface area contributed by atoms with Gasteiger partial charge in [-0.1, -0.05) is 54.1 Å². The van der Waals surface area contributed by atoms with Gasteiger partial charge in [0.25, 0.3) is 5.91 Å². The second kappa shape index (κ2) is 13.1. The van der Waals surface area contributed by atoms with Gasteiger partial charge in [-0.25, -0.2) is 14.6 Å². The molecule has 0 saturated carbocycles. The van der Waals surface area contributed by atoms with E-state index in [2.05, 4.69) is 10.3 Å². The minimum atomic E-state index is -1.04. The van der Waals surface area contributed by atoms with E-state index in [1.165, 1.54) is 15.9 Å². The van der Waals surface area contributed by atoms with Crippen LogP contribution in [-0.2, 0) is 16.0 Å². The van der Waals surface area contributed by atoms with Gasteiger partial charge < -0.3 is 25.0 Å². The van der Waals surface area contributed by atoms with Crippen molar-refractivity contribution in [3.05, 3.63) is 88.6 Å². The van der Waals surface area contributed by atoms with Gasteiger partial charge >= 0.3 is 12.1 Å². The summed E-state index contributed by atoms with van der Waals surface area (Å²) >= 11 is 6.31. The fraction of sp³-hybridized carbons (Fsp3) is 0.276. The van der Waals surface area contributed by atoms with Crippen LogP contribution in [0.2, 0.25) is 5.02 Å². The second-order valence-electron chi connectivity index (χ2n) is 9.16. The number of nitrogens with zero attached hydrogens (tertiary/aromatic N) is 3. The van der Waals surface area contributed by atoms with Crippen LogP contribution in [0.1, 0.15) is 33.3 Å². The van der Waals surface area contributed by atoms with Crippen LogP contribution < -0.4 is 5.32 Å². The third-order valence-electron chi connectivity index (χ3n) is 6.46. The Morgan fingerprint density at radius 3 is 2.25 bits per heavy atom. The first-order valence-electron chi connectivity index (χ1n) is 12.8. The molecule has 0 unspecified atom stereocenters. The van der Waals surface area contributed by atoms with Crippen molar-refractivity contribution >= 4 is 35.5 Å². The minimum Gasteiger partial charge on any atom is -0.465 e. The van der Waals surface area contributed by atoms with Gasteiger partial charge in [0.1, 0.15) is 11.7 Å². The maximum absolute atomic E-state index is 13.6. The number of rotatable bonds is 8. The molecule has 208 valence electrons. The van der Waals surface area contributed by atoms with E-state index >= 15 is 0 Å². The molecular formula is C29H29ClN4O6. The highest BCUT2D eigenvalue weighted by Crippen LogP contribution is 2.22. The van der Waals surface area contributed by atoms with E-state index in [0.29, 0.717) is 21.8 Å². The molecule has 1 saturated heterocycles. The number of ether oxygens (including phenoxy) is 1. The summed E-state index contributed by atoms with van der Waals surface area (Å²) in [5, 5.41) is 12.4. The fourth-order valence-electron chi connectivity index (χ4n) is 4.37. The van der Waals surface area contributed by atoms with Crippen molar-refractivity contribution in [2.75, 3.05) is 32.8 Å². The van der Waals surface area contributed by atoms with Gasteiger partial charge in [-0.05, 0) is 36.8 Å². The number of benzene rings is 2. The summed E-state index contributed by atoms with van der Waals surface area (Å²) in [6.45, 7) is 2.72. The number of carboxylic acid groups (broad SMARTS) is 1. The third kappa shape index (κ3) is 7.15. The molecule has 1 aromatic heterocycles. The Labute approximate surface area is 236 Å². The van der Waals surface area contributed by atoms with Gasteiger partial charge in [-0.3, -0.25) is 9.59 Å². The first kappa shape index (κ1) is 28.6. The molecular weight excluding hydrogens is 536 g/mol. The molecule has 2 heterocycles. The van der Waals surface area contributed by atoms with Crippen molar-refractivity contribution in [2.24, 2.45) is 0 Å². The molecule has 11 heteroatoms. The van der Waals surface area contributed by atoms with Gasteiger partial charge in [0.15, 0.2) is 0 Å².